The Labute approximate surface area is 196 Å². The molecule has 0 radical (unpaired) electrons. The molecular formula is C20H13Br3N4O3. The van der Waals surface area contributed by atoms with Gasteiger partial charge in [0.15, 0.2) is 6.17 Å². The second-order valence-corrected chi connectivity index (χ2v) is 9.10. The van der Waals surface area contributed by atoms with Crippen molar-refractivity contribution in [2.45, 2.75) is 6.17 Å². The number of amides is 2. The number of nitrogens with zero attached hydrogens (tertiary/aromatic N) is 2. The summed E-state index contributed by atoms with van der Waals surface area (Å²) in [5.41, 5.74) is 4.36. The van der Waals surface area contributed by atoms with Crippen molar-refractivity contribution in [3.63, 3.8) is 0 Å². The molecule has 4 rings (SSSR count). The van der Waals surface area contributed by atoms with E-state index >= 15 is 0 Å². The highest BCUT2D eigenvalue weighted by Crippen LogP contribution is 2.40. The number of hydrazine groups is 1. The van der Waals surface area contributed by atoms with Crippen molar-refractivity contribution in [2.24, 2.45) is 0 Å². The first-order valence-corrected chi connectivity index (χ1v) is 11.0. The summed E-state index contributed by atoms with van der Waals surface area (Å²) in [6.45, 7) is 0. The fourth-order valence-electron chi connectivity index (χ4n) is 3.08. The molecule has 3 N–H and O–H groups in total. The number of pyridine rings is 1. The number of phenols is 1. The van der Waals surface area contributed by atoms with Crippen LogP contribution >= 0.6 is 47.8 Å². The van der Waals surface area contributed by atoms with Gasteiger partial charge in [-0.15, -0.1) is 0 Å². The van der Waals surface area contributed by atoms with E-state index in [1.54, 1.807) is 42.5 Å². The lowest BCUT2D eigenvalue weighted by atomic mass is 10.0. The molecule has 2 aromatic carbocycles. The lowest BCUT2D eigenvalue weighted by molar-refractivity contribution is 0.0488. The normalized spacial score (nSPS) is 15.4. The standard InChI is InChI=1S/C20H13Br3N4O3/c21-11-1-2-16-13(7-11)20(30)27(26-19(29)10-3-5-24-6-4-10)18(25-16)14-8-12(22)9-15(23)17(14)28/h1-9,18,25,28H,(H,26,29)/t18-/m0/s1. The molecule has 1 aromatic heterocycles. The van der Waals surface area contributed by atoms with Crippen LogP contribution in [-0.2, 0) is 0 Å². The lowest BCUT2D eigenvalue weighted by Gasteiger charge is -2.38. The summed E-state index contributed by atoms with van der Waals surface area (Å²) in [5, 5.41) is 15.0. The minimum Gasteiger partial charge on any atom is -0.506 e. The van der Waals surface area contributed by atoms with Crippen molar-refractivity contribution in [2.75, 3.05) is 5.32 Å². The number of benzene rings is 2. The molecule has 0 spiro atoms. The molecule has 3 aromatic rings. The van der Waals surface area contributed by atoms with Crippen LogP contribution in [0.3, 0.4) is 0 Å². The maximum atomic E-state index is 13.3. The Kier molecular flexibility index (Phi) is 5.81. The Bertz CT molecular complexity index is 1160. The maximum absolute atomic E-state index is 13.3. The van der Waals surface area contributed by atoms with Crippen molar-refractivity contribution >= 4 is 65.3 Å². The third-order valence-corrected chi connectivity index (χ3v) is 6.05. The van der Waals surface area contributed by atoms with E-state index in [0.29, 0.717) is 31.3 Å². The SMILES string of the molecule is O=C(NN1C(=O)c2cc(Br)ccc2N[C@@H]1c1cc(Br)cc(Br)c1O)c1ccncc1. The number of aromatic hydroxyl groups is 1. The summed E-state index contributed by atoms with van der Waals surface area (Å²) >= 11 is 10.1. The van der Waals surface area contributed by atoms with Crippen molar-refractivity contribution < 1.29 is 14.7 Å². The third-order valence-electron chi connectivity index (χ3n) is 4.50. The Morgan fingerprint density at radius 2 is 1.80 bits per heavy atom. The van der Waals surface area contributed by atoms with E-state index in [1.807, 2.05) is 0 Å². The molecule has 1 aliphatic rings. The Hall–Kier alpha value is -2.43. The fraction of sp³-hybridized carbons (Fsp3) is 0.0500. The first kappa shape index (κ1) is 20.8. The number of carbonyl (C=O) groups excluding carboxylic acids is 2. The fourth-order valence-corrected chi connectivity index (χ4v) is 4.70. The molecule has 7 nitrogen and oxygen atoms in total. The molecule has 10 heteroatoms. The van der Waals surface area contributed by atoms with Gasteiger partial charge in [-0.05, 0) is 58.4 Å². The summed E-state index contributed by atoms with van der Waals surface area (Å²) < 4.78 is 1.87. The van der Waals surface area contributed by atoms with Gasteiger partial charge in [-0.25, -0.2) is 5.01 Å². The van der Waals surface area contributed by atoms with Crippen molar-refractivity contribution in [3.8, 4) is 5.75 Å². The molecule has 30 heavy (non-hydrogen) atoms. The summed E-state index contributed by atoms with van der Waals surface area (Å²) in [6.07, 6.45) is 2.13. The molecule has 0 bridgehead atoms. The zero-order chi connectivity index (χ0) is 21.4. The van der Waals surface area contributed by atoms with Crippen LogP contribution in [0.15, 0.2) is 68.3 Å². The van der Waals surface area contributed by atoms with Crippen LogP contribution in [0.5, 0.6) is 5.75 Å². The highest BCUT2D eigenvalue weighted by molar-refractivity contribution is 9.11. The molecule has 0 aliphatic carbocycles. The van der Waals surface area contributed by atoms with E-state index in [-0.39, 0.29) is 5.75 Å². The minimum atomic E-state index is -0.856. The van der Waals surface area contributed by atoms with Crippen LogP contribution in [0.2, 0.25) is 0 Å². The highest BCUT2D eigenvalue weighted by atomic mass is 79.9. The van der Waals surface area contributed by atoms with E-state index in [4.69, 9.17) is 0 Å². The number of anilines is 1. The molecule has 0 unspecified atom stereocenters. The van der Waals surface area contributed by atoms with E-state index in [1.165, 1.54) is 17.4 Å². The van der Waals surface area contributed by atoms with Gasteiger partial charge in [-0.1, -0.05) is 31.9 Å². The molecule has 1 aliphatic heterocycles. The number of fused-ring (bicyclic) bond motifs is 1. The Morgan fingerprint density at radius 1 is 1.07 bits per heavy atom. The zero-order valence-electron chi connectivity index (χ0n) is 15.1. The monoisotopic (exact) mass is 594 g/mol. The van der Waals surface area contributed by atoms with Crippen LogP contribution in [0.25, 0.3) is 0 Å². The Balaban J connectivity index is 1.80. The predicted octanol–water partition coefficient (Wildman–Crippen LogP) is 4.99. The van der Waals surface area contributed by atoms with Gasteiger partial charge in [-0.3, -0.25) is 20.0 Å². The van der Waals surface area contributed by atoms with Gasteiger partial charge in [0.05, 0.1) is 10.0 Å². The van der Waals surface area contributed by atoms with Gasteiger partial charge < -0.3 is 10.4 Å². The van der Waals surface area contributed by atoms with Gasteiger partial charge in [0.1, 0.15) is 5.75 Å². The number of hydrogen-bond donors (Lipinski definition) is 3. The van der Waals surface area contributed by atoms with Crippen molar-refractivity contribution in [3.05, 3.63) is 85.0 Å². The summed E-state index contributed by atoms with van der Waals surface area (Å²) in [4.78, 5) is 30.0. The van der Waals surface area contributed by atoms with Crippen molar-refractivity contribution in [1.29, 1.82) is 0 Å². The first-order valence-electron chi connectivity index (χ1n) is 8.63. The van der Waals surface area contributed by atoms with Crippen LogP contribution in [0.1, 0.15) is 32.4 Å². The molecule has 0 saturated carbocycles. The van der Waals surface area contributed by atoms with Gasteiger partial charge in [0.25, 0.3) is 11.8 Å². The quantitative estimate of drug-likeness (QED) is 0.396. The Morgan fingerprint density at radius 3 is 2.53 bits per heavy atom. The maximum Gasteiger partial charge on any atom is 0.276 e. The number of hydrogen-bond acceptors (Lipinski definition) is 5. The van der Waals surface area contributed by atoms with Gasteiger partial charge in [0.2, 0.25) is 0 Å². The highest BCUT2D eigenvalue weighted by Gasteiger charge is 2.36. The predicted molar refractivity (Wildman–Crippen MR) is 122 cm³/mol. The number of carbonyl (C=O) groups is 2. The van der Waals surface area contributed by atoms with Crippen LogP contribution in [0, 0.1) is 0 Å². The number of rotatable bonds is 3. The lowest BCUT2D eigenvalue weighted by Crippen LogP contribution is -2.52. The van der Waals surface area contributed by atoms with Gasteiger partial charge in [-0.2, -0.15) is 0 Å². The minimum absolute atomic E-state index is 0.0489. The summed E-state index contributed by atoms with van der Waals surface area (Å²) in [6, 6.07) is 11.7. The molecular weight excluding hydrogens is 584 g/mol. The first-order chi connectivity index (χ1) is 14.3. The molecule has 0 fully saturated rings. The molecule has 2 amide bonds. The van der Waals surface area contributed by atoms with E-state index in [2.05, 4.69) is 63.5 Å². The topological polar surface area (TPSA) is 94.6 Å². The van der Waals surface area contributed by atoms with Crippen LogP contribution < -0.4 is 10.7 Å². The average molecular weight is 597 g/mol. The second kappa shape index (κ2) is 8.37. The molecule has 1 atom stereocenters. The number of aromatic nitrogens is 1. The van der Waals surface area contributed by atoms with E-state index in [9.17, 15) is 14.7 Å². The third kappa shape index (κ3) is 3.94. The molecule has 2 heterocycles. The largest absolute Gasteiger partial charge is 0.506 e. The molecule has 152 valence electrons. The second-order valence-electron chi connectivity index (χ2n) is 6.41. The van der Waals surface area contributed by atoms with Gasteiger partial charge in [0, 0.05) is 38.2 Å². The van der Waals surface area contributed by atoms with Crippen LogP contribution in [-0.4, -0.2) is 26.9 Å². The van der Waals surface area contributed by atoms with Crippen LogP contribution in [0.4, 0.5) is 5.69 Å². The van der Waals surface area contributed by atoms with E-state index < -0.39 is 18.0 Å². The van der Waals surface area contributed by atoms with E-state index in [0.717, 1.165) is 4.47 Å². The van der Waals surface area contributed by atoms with Gasteiger partial charge >= 0.3 is 0 Å². The average Bonchev–Trinajstić information content (AvgIpc) is 2.73. The number of phenolic OH excluding ortho intramolecular Hbond substituents is 1. The molecule has 0 saturated heterocycles. The smallest absolute Gasteiger partial charge is 0.276 e. The number of halogens is 3. The summed E-state index contributed by atoms with van der Waals surface area (Å²) in [7, 11) is 0. The number of nitrogens with one attached hydrogen (secondary N) is 2. The zero-order valence-corrected chi connectivity index (χ0v) is 19.8. The van der Waals surface area contributed by atoms with Crippen molar-refractivity contribution in [1.82, 2.24) is 15.4 Å². The summed E-state index contributed by atoms with van der Waals surface area (Å²) in [5.74, 6) is -0.954.